The van der Waals surface area contributed by atoms with Gasteiger partial charge in [0, 0.05) is 6.54 Å². The second-order valence-electron chi connectivity index (χ2n) is 6.32. The zero-order chi connectivity index (χ0) is 21.3. The molecule has 0 amide bonds. The summed E-state index contributed by atoms with van der Waals surface area (Å²) in [6.45, 7) is 0.153. The van der Waals surface area contributed by atoms with Crippen molar-refractivity contribution in [2.75, 3.05) is 12.4 Å². The molecule has 2 heterocycles. The topological polar surface area (TPSA) is 69.0 Å². The summed E-state index contributed by atoms with van der Waals surface area (Å²) in [7, 11) is 1.54. The fourth-order valence-corrected chi connectivity index (χ4v) is 3.70. The van der Waals surface area contributed by atoms with Gasteiger partial charge in [0.1, 0.15) is 11.4 Å². The molecule has 0 atom stereocenters. The van der Waals surface area contributed by atoms with E-state index in [1.807, 2.05) is 0 Å². The van der Waals surface area contributed by atoms with Gasteiger partial charge in [0.05, 0.1) is 17.3 Å². The molecule has 0 unspecified atom stereocenters. The van der Waals surface area contributed by atoms with Gasteiger partial charge in [-0.15, -0.1) is 0 Å². The van der Waals surface area contributed by atoms with Crippen LogP contribution in [0.3, 0.4) is 0 Å². The number of benzene rings is 2. The molecule has 2 aromatic heterocycles. The summed E-state index contributed by atoms with van der Waals surface area (Å²) in [5.41, 5.74) is -0.759. The number of hydrogen-bond donors (Lipinski definition) is 1. The lowest BCUT2D eigenvalue weighted by Crippen LogP contribution is -2.27. The van der Waals surface area contributed by atoms with Crippen LogP contribution in [0.25, 0.3) is 15.3 Å². The van der Waals surface area contributed by atoms with E-state index in [0.717, 1.165) is 27.7 Å². The number of hydrogen-bond acceptors (Lipinski definition) is 6. The molecular formula is C20H15F3N4O2S. The first-order chi connectivity index (χ1) is 14.3. The molecular weight excluding hydrogens is 417 g/mol. The Morgan fingerprint density at radius 1 is 1.13 bits per heavy atom. The fraction of sp³-hybridized carbons (Fsp3) is 0.150. The van der Waals surface area contributed by atoms with Crippen LogP contribution < -0.4 is 15.6 Å². The summed E-state index contributed by atoms with van der Waals surface area (Å²) in [5, 5.41) is 6.37. The van der Waals surface area contributed by atoms with Crippen molar-refractivity contribution < 1.29 is 17.9 Å². The lowest BCUT2D eigenvalue weighted by atomic mass is 10.2. The van der Waals surface area contributed by atoms with E-state index in [0.29, 0.717) is 15.9 Å². The zero-order valence-electron chi connectivity index (χ0n) is 15.6. The minimum atomic E-state index is -4.72. The standard InChI is InChI=1S/C20H15F3N4O2S/c1-29-13-8-6-12(7-9-13)11-24-15-10-17(20(21,22)23)26-27(18(15)28)19-25-14-4-2-3-5-16(14)30-19/h2-10,24H,11H2,1H3. The molecule has 0 aliphatic rings. The van der Waals surface area contributed by atoms with Crippen molar-refractivity contribution in [2.24, 2.45) is 0 Å². The third kappa shape index (κ3) is 3.99. The molecule has 2 aromatic carbocycles. The van der Waals surface area contributed by atoms with E-state index in [1.165, 1.54) is 7.11 Å². The molecule has 0 saturated heterocycles. The van der Waals surface area contributed by atoms with Gasteiger partial charge >= 0.3 is 6.18 Å². The molecule has 1 N–H and O–H groups in total. The van der Waals surface area contributed by atoms with Gasteiger partial charge in [0.25, 0.3) is 5.56 Å². The number of para-hydroxylation sites is 1. The second-order valence-corrected chi connectivity index (χ2v) is 7.33. The van der Waals surface area contributed by atoms with Gasteiger partial charge in [-0.2, -0.15) is 23.0 Å². The van der Waals surface area contributed by atoms with Gasteiger partial charge in [0.15, 0.2) is 5.69 Å². The largest absolute Gasteiger partial charge is 0.497 e. The van der Waals surface area contributed by atoms with E-state index in [2.05, 4.69) is 15.4 Å². The zero-order valence-corrected chi connectivity index (χ0v) is 16.4. The number of rotatable bonds is 5. The summed E-state index contributed by atoms with van der Waals surface area (Å²) >= 11 is 1.09. The SMILES string of the molecule is COc1ccc(CNc2cc(C(F)(F)F)nn(-c3nc4ccccc4s3)c2=O)cc1. The van der Waals surface area contributed by atoms with Crippen LogP contribution in [0.15, 0.2) is 59.4 Å². The van der Waals surface area contributed by atoms with Crippen LogP contribution >= 0.6 is 11.3 Å². The van der Waals surface area contributed by atoms with E-state index in [9.17, 15) is 18.0 Å². The number of alkyl halides is 3. The number of nitrogens with one attached hydrogen (secondary N) is 1. The van der Waals surface area contributed by atoms with Crippen LogP contribution in [0.1, 0.15) is 11.3 Å². The van der Waals surface area contributed by atoms with Gasteiger partial charge in [-0.05, 0) is 35.9 Å². The highest BCUT2D eigenvalue weighted by atomic mass is 32.1. The minimum Gasteiger partial charge on any atom is -0.497 e. The average Bonchev–Trinajstić information content (AvgIpc) is 3.16. The van der Waals surface area contributed by atoms with Crippen molar-refractivity contribution in [3.05, 3.63) is 76.2 Å². The Kier molecular flexibility index (Phi) is 5.17. The van der Waals surface area contributed by atoms with Crippen molar-refractivity contribution >= 4 is 27.2 Å². The molecule has 4 rings (SSSR count). The minimum absolute atomic E-state index is 0.0693. The van der Waals surface area contributed by atoms with E-state index in [-0.39, 0.29) is 17.4 Å². The highest BCUT2D eigenvalue weighted by Gasteiger charge is 2.35. The fourth-order valence-electron chi connectivity index (χ4n) is 2.78. The van der Waals surface area contributed by atoms with Crippen molar-refractivity contribution in [1.29, 1.82) is 0 Å². The highest BCUT2D eigenvalue weighted by molar-refractivity contribution is 7.20. The highest BCUT2D eigenvalue weighted by Crippen LogP contribution is 2.29. The van der Waals surface area contributed by atoms with E-state index >= 15 is 0 Å². The predicted molar refractivity (Wildman–Crippen MR) is 108 cm³/mol. The molecule has 4 aromatic rings. The molecule has 0 saturated carbocycles. The molecule has 154 valence electrons. The number of nitrogens with zero attached hydrogens (tertiary/aromatic N) is 3. The molecule has 6 nitrogen and oxygen atoms in total. The Bertz CT molecular complexity index is 1220. The lowest BCUT2D eigenvalue weighted by Gasteiger charge is -2.12. The Morgan fingerprint density at radius 3 is 2.53 bits per heavy atom. The maximum atomic E-state index is 13.4. The Hall–Kier alpha value is -3.40. The van der Waals surface area contributed by atoms with Crippen molar-refractivity contribution in [2.45, 2.75) is 12.7 Å². The first kappa shape index (κ1) is 19.9. The number of anilines is 1. The molecule has 0 spiro atoms. The number of methoxy groups -OCH3 is 1. The van der Waals surface area contributed by atoms with E-state index < -0.39 is 17.4 Å². The maximum Gasteiger partial charge on any atom is 0.435 e. The predicted octanol–water partition coefficient (Wildman–Crippen LogP) is 4.48. The maximum absolute atomic E-state index is 13.4. The van der Waals surface area contributed by atoms with E-state index in [1.54, 1.807) is 48.5 Å². The number of halogens is 3. The van der Waals surface area contributed by atoms with Crippen molar-refractivity contribution in [3.8, 4) is 10.9 Å². The quantitative estimate of drug-likeness (QED) is 0.504. The van der Waals surface area contributed by atoms with Gasteiger partial charge in [-0.25, -0.2) is 4.98 Å². The van der Waals surface area contributed by atoms with Crippen LogP contribution in [0.5, 0.6) is 5.75 Å². The van der Waals surface area contributed by atoms with Gasteiger partial charge in [-0.1, -0.05) is 35.6 Å². The smallest absolute Gasteiger partial charge is 0.435 e. The van der Waals surface area contributed by atoms with Gasteiger partial charge in [0.2, 0.25) is 5.13 Å². The van der Waals surface area contributed by atoms with E-state index in [4.69, 9.17) is 4.74 Å². The summed E-state index contributed by atoms with van der Waals surface area (Å²) < 4.78 is 46.8. The third-order valence-corrected chi connectivity index (χ3v) is 5.32. The summed E-state index contributed by atoms with van der Waals surface area (Å²) in [6, 6.07) is 14.7. The van der Waals surface area contributed by atoms with Crippen LogP contribution in [-0.2, 0) is 12.7 Å². The summed E-state index contributed by atoms with van der Waals surface area (Å²) in [5.74, 6) is 0.653. The third-order valence-electron chi connectivity index (χ3n) is 4.31. The molecule has 0 aliphatic carbocycles. The second kappa shape index (κ2) is 7.79. The molecule has 0 fully saturated rings. The Balaban J connectivity index is 1.73. The Labute approximate surface area is 172 Å². The molecule has 30 heavy (non-hydrogen) atoms. The van der Waals surface area contributed by atoms with Crippen LogP contribution in [0.4, 0.5) is 18.9 Å². The van der Waals surface area contributed by atoms with Gasteiger partial charge in [-0.3, -0.25) is 4.79 Å². The lowest BCUT2D eigenvalue weighted by molar-refractivity contribution is -0.142. The average molecular weight is 432 g/mol. The molecule has 0 aliphatic heterocycles. The number of thiazole rings is 1. The molecule has 0 radical (unpaired) electrons. The first-order valence-electron chi connectivity index (χ1n) is 8.79. The monoisotopic (exact) mass is 432 g/mol. The van der Waals surface area contributed by atoms with Crippen LogP contribution in [0, 0.1) is 0 Å². The van der Waals surface area contributed by atoms with Crippen molar-refractivity contribution in [1.82, 2.24) is 14.8 Å². The number of aromatic nitrogens is 3. The Morgan fingerprint density at radius 2 is 1.87 bits per heavy atom. The normalized spacial score (nSPS) is 11.6. The summed E-state index contributed by atoms with van der Waals surface area (Å²) in [4.78, 5) is 17.1. The summed E-state index contributed by atoms with van der Waals surface area (Å²) in [6.07, 6.45) is -4.72. The first-order valence-corrected chi connectivity index (χ1v) is 9.61. The van der Waals surface area contributed by atoms with Crippen molar-refractivity contribution in [3.63, 3.8) is 0 Å². The van der Waals surface area contributed by atoms with Crippen LogP contribution in [-0.4, -0.2) is 21.9 Å². The number of fused-ring (bicyclic) bond motifs is 1. The number of ether oxygens (including phenoxy) is 1. The molecule has 10 heteroatoms. The molecule has 0 bridgehead atoms. The van der Waals surface area contributed by atoms with Gasteiger partial charge < -0.3 is 10.1 Å². The van der Waals surface area contributed by atoms with Crippen LogP contribution in [0.2, 0.25) is 0 Å².